The van der Waals surface area contributed by atoms with Crippen molar-refractivity contribution < 1.29 is 14.3 Å². The zero-order chi connectivity index (χ0) is 21.4. The number of hydrogen-bond donors (Lipinski definition) is 3. The maximum absolute atomic E-state index is 12.4. The number of hydrogen-bond acceptors (Lipinski definition) is 4. The molecule has 0 saturated heterocycles. The Morgan fingerprint density at radius 1 is 1.10 bits per heavy atom. The van der Waals surface area contributed by atoms with Gasteiger partial charge in [-0.05, 0) is 75.0 Å². The molecular formula is C21H24ClN3O3S. The number of carbonyl (C=O) groups is 2. The van der Waals surface area contributed by atoms with Gasteiger partial charge in [0.15, 0.2) is 5.11 Å². The molecule has 29 heavy (non-hydrogen) atoms. The standard InChI is InChI=1S/C21H24ClN3O3S/c1-4-5-19(26)23-15-8-11-17(22)18(12-15)24-21(29)25-20(27)14-6-9-16(10-7-14)28-13(2)3/h6-13H,4-5H2,1-3H3,(H,23,26)(H2,24,25,27,29). The molecule has 0 aliphatic rings. The Bertz CT molecular complexity index is 885. The molecule has 0 radical (unpaired) electrons. The van der Waals surface area contributed by atoms with Gasteiger partial charge in [-0.1, -0.05) is 18.5 Å². The van der Waals surface area contributed by atoms with E-state index >= 15 is 0 Å². The molecular weight excluding hydrogens is 410 g/mol. The molecule has 154 valence electrons. The Morgan fingerprint density at radius 2 is 1.79 bits per heavy atom. The quantitative estimate of drug-likeness (QED) is 0.536. The van der Waals surface area contributed by atoms with Crippen LogP contribution in [0.25, 0.3) is 0 Å². The predicted octanol–water partition coefficient (Wildman–Crippen LogP) is 4.99. The smallest absolute Gasteiger partial charge is 0.257 e. The van der Waals surface area contributed by atoms with Crippen LogP contribution in [0, 0.1) is 0 Å². The summed E-state index contributed by atoms with van der Waals surface area (Å²) in [7, 11) is 0. The molecule has 0 aromatic heterocycles. The van der Waals surface area contributed by atoms with Gasteiger partial charge in [-0.15, -0.1) is 0 Å². The van der Waals surface area contributed by atoms with Crippen molar-refractivity contribution >= 4 is 52.1 Å². The largest absolute Gasteiger partial charge is 0.491 e. The number of benzene rings is 2. The second kappa shape index (κ2) is 10.8. The summed E-state index contributed by atoms with van der Waals surface area (Å²) >= 11 is 11.4. The molecule has 2 aromatic carbocycles. The minimum atomic E-state index is -0.359. The molecule has 0 heterocycles. The molecule has 8 heteroatoms. The van der Waals surface area contributed by atoms with Crippen molar-refractivity contribution in [3.63, 3.8) is 0 Å². The third-order valence-electron chi connectivity index (χ3n) is 3.69. The zero-order valence-corrected chi connectivity index (χ0v) is 18.1. The van der Waals surface area contributed by atoms with Crippen molar-refractivity contribution in [2.45, 2.75) is 39.7 Å². The lowest BCUT2D eigenvalue weighted by atomic mass is 10.2. The first-order valence-electron chi connectivity index (χ1n) is 9.27. The number of rotatable bonds is 7. The maximum Gasteiger partial charge on any atom is 0.257 e. The number of carbonyl (C=O) groups excluding carboxylic acids is 2. The second-order valence-electron chi connectivity index (χ2n) is 6.59. The maximum atomic E-state index is 12.4. The van der Waals surface area contributed by atoms with E-state index in [1.165, 1.54) is 0 Å². The minimum Gasteiger partial charge on any atom is -0.491 e. The lowest BCUT2D eigenvalue weighted by Gasteiger charge is -2.13. The van der Waals surface area contributed by atoms with Gasteiger partial charge >= 0.3 is 0 Å². The van der Waals surface area contributed by atoms with Crippen molar-refractivity contribution in [1.82, 2.24) is 5.32 Å². The van der Waals surface area contributed by atoms with Crippen molar-refractivity contribution in [3.05, 3.63) is 53.1 Å². The highest BCUT2D eigenvalue weighted by Crippen LogP contribution is 2.25. The summed E-state index contributed by atoms with van der Waals surface area (Å²) < 4.78 is 5.56. The fraction of sp³-hybridized carbons (Fsp3) is 0.286. The Labute approximate surface area is 181 Å². The van der Waals surface area contributed by atoms with E-state index in [0.29, 0.717) is 34.1 Å². The third-order valence-corrected chi connectivity index (χ3v) is 4.22. The van der Waals surface area contributed by atoms with Crippen LogP contribution >= 0.6 is 23.8 Å². The second-order valence-corrected chi connectivity index (χ2v) is 7.41. The number of ether oxygens (including phenoxy) is 1. The molecule has 0 saturated carbocycles. The molecule has 0 atom stereocenters. The molecule has 3 N–H and O–H groups in total. The van der Waals surface area contributed by atoms with Crippen LogP contribution in [0.2, 0.25) is 5.02 Å². The van der Waals surface area contributed by atoms with Crippen LogP contribution in [0.3, 0.4) is 0 Å². The molecule has 0 bridgehead atoms. The van der Waals surface area contributed by atoms with Crippen LogP contribution in [0.15, 0.2) is 42.5 Å². The Balaban J connectivity index is 1.99. The number of amides is 2. The summed E-state index contributed by atoms with van der Waals surface area (Å²) in [6, 6.07) is 11.8. The van der Waals surface area contributed by atoms with Crippen LogP contribution in [-0.2, 0) is 4.79 Å². The molecule has 0 spiro atoms. The fourth-order valence-corrected chi connectivity index (χ4v) is 2.80. The van der Waals surface area contributed by atoms with Gasteiger partial charge in [0.25, 0.3) is 5.91 Å². The van der Waals surface area contributed by atoms with E-state index in [4.69, 9.17) is 28.6 Å². The Kier molecular flexibility index (Phi) is 8.42. The average Bonchev–Trinajstić information content (AvgIpc) is 2.64. The summed E-state index contributed by atoms with van der Waals surface area (Å²) in [5.41, 5.74) is 1.51. The first kappa shape index (κ1) is 22.6. The summed E-state index contributed by atoms with van der Waals surface area (Å²) in [4.78, 5) is 24.1. The first-order valence-corrected chi connectivity index (χ1v) is 10.1. The molecule has 2 rings (SSSR count). The van der Waals surface area contributed by atoms with Crippen molar-refractivity contribution in [3.8, 4) is 5.75 Å². The summed E-state index contributed by atoms with van der Waals surface area (Å²) in [5, 5.41) is 8.78. The lowest BCUT2D eigenvalue weighted by molar-refractivity contribution is -0.116. The number of nitrogens with one attached hydrogen (secondary N) is 3. The minimum absolute atomic E-state index is 0.0544. The summed E-state index contributed by atoms with van der Waals surface area (Å²) in [6.45, 7) is 5.79. The van der Waals surface area contributed by atoms with Crippen LogP contribution in [0.5, 0.6) is 5.75 Å². The van der Waals surface area contributed by atoms with Gasteiger partial charge in [0.05, 0.1) is 16.8 Å². The van der Waals surface area contributed by atoms with Crippen LogP contribution in [0.1, 0.15) is 44.0 Å². The molecule has 2 amide bonds. The highest BCUT2D eigenvalue weighted by Gasteiger charge is 2.11. The topological polar surface area (TPSA) is 79.5 Å². The first-order chi connectivity index (χ1) is 13.8. The van der Waals surface area contributed by atoms with Crippen molar-refractivity contribution in [2.75, 3.05) is 10.6 Å². The highest BCUT2D eigenvalue weighted by molar-refractivity contribution is 7.80. The zero-order valence-electron chi connectivity index (χ0n) is 16.5. The van der Waals surface area contributed by atoms with Crippen LogP contribution < -0.4 is 20.7 Å². The van der Waals surface area contributed by atoms with Gasteiger partial charge < -0.3 is 15.4 Å². The number of anilines is 2. The molecule has 0 fully saturated rings. The molecule has 2 aromatic rings. The van der Waals surface area contributed by atoms with Gasteiger partial charge in [0.1, 0.15) is 5.75 Å². The number of halogens is 1. The fourth-order valence-electron chi connectivity index (χ4n) is 2.44. The molecule has 6 nitrogen and oxygen atoms in total. The number of thiocarbonyl (C=S) groups is 1. The van der Waals surface area contributed by atoms with Crippen molar-refractivity contribution in [2.24, 2.45) is 0 Å². The van der Waals surface area contributed by atoms with Crippen LogP contribution in [-0.4, -0.2) is 23.0 Å². The van der Waals surface area contributed by atoms with E-state index in [9.17, 15) is 9.59 Å². The molecule has 0 unspecified atom stereocenters. The van der Waals surface area contributed by atoms with E-state index in [2.05, 4.69) is 16.0 Å². The summed E-state index contributed by atoms with van der Waals surface area (Å²) in [6.07, 6.45) is 1.24. The van der Waals surface area contributed by atoms with Gasteiger partial charge in [0, 0.05) is 17.7 Å². The highest BCUT2D eigenvalue weighted by atomic mass is 35.5. The third kappa shape index (κ3) is 7.36. The van der Waals surface area contributed by atoms with Crippen molar-refractivity contribution in [1.29, 1.82) is 0 Å². The Morgan fingerprint density at radius 3 is 2.41 bits per heavy atom. The van der Waals surface area contributed by atoms with E-state index in [1.807, 2.05) is 20.8 Å². The summed E-state index contributed by atoms with van der Waals surface area (Å²) in [5.74, 6) is 0.245. The average molecular weight is 434 g/mol. The predicted molar refractivity (Wildman–Crippen MR) is 121 cm³/mol. The van der Waals surface area contributed by atoms with Crippen LogP contribution in [0.4, 0.5) is 11.4 Å². The van der Waals surface area contributed by atoms with E-state index < -0.39 is 0 Å². The van der Waals surface area contributed by atoms with Gasteiger partial charge in [0.2, 0.25) is 5.91 Å². The van der Waals surface area contributed by atoms with Gasteiger partial charge in [-0.2, -0.15) is 0 Å². The monoisotopic (exact) mass is 433 g/mol. The van der Waals surface area contributed by atoms with E-state index in [-0.39, 0.29) is 23.0 Å². The molecule has 0 aliphatic heterocycles. The van der Waals surface area contributed by atoms with E-state index in [1.54, 1.807) is 42.5 Å². The van der Waals surface area contributed by atoms with Gasteiger partial charge in [-0.25, -0.2) is 0 Å². The normalized spacial score (nSPS) is 10.4. The van der Waals surface area contributed by atoms with Gasteiger partial charge in [-0.3, -0.25) is 14.9 Å². The SMILES string of the molecule is CCCC(=O)Nc1ccc(Cl)c(NC(=S)NC(=O)c2ccc(OC(C)C)cc2)c1. The Hall–Kier alpha value is -2.64. The lowest BCUT2D eigenvalue weighted by Crippen LogP contribution is -2.34. The molecule has 0 aliphatic carbocycles. The van der Waals surface area contributed by atoms with E-state index in [0.717, 1.165) is 6.42 Å².